The van der Waals surface area contributed by atoms with E-state index in [-0.39, 0.29) is 0 Å². The Labute approximate surface area is 236 Å². The van der Waals surface area contributed by atoms with Crippen molar-refractivity contribution >= 4 is 0 Å². The first-order valence-electron chi connectivity index (χ1n) is 13.6. The Morgan fingerprint density at radius 2 is 0.925 bits per heavy atom. The van der Waals surface area contributed by atoms with Gasteiger partial charge in [-0.15, -0.1) is 0 Å². The fourth-order valence-corrected chi connectivity index (χ4v) is 5.61. The first-order chi connectivity index (χ1) is 19.6. The van der Waals surface area contributed by atoms with E-state index in [9.17, 15) is 0 Å². The highest BCUT2D eigenvalue weighted by Gasteiger charge is 2.35. The minimum absolute atomic E-state index is 0.428. The van der Waals surface area contributed by atoms with E-state index in [1.54, 1.807) is 0 Å². The van der Waals surface area contributed by atoms with Crippen LogP contribution < -0.4 is 0 Å². The van der Waals surface area contributed by atoms with Gasteiger partial charge < -0.3 is 0 Å². The van der Waals surface area contributed by atoms with E-state index >= 15 is 0 Å². The molecule has 6 aromatic rings. The van der Waals surface area contributed by atoms with E-state index in [1.807, 2.05) is 36.7 Å². The highest BCUT2D eigenvalue weighted by molar-refractivity contribution is 5.63. The van der Waals surface area contributed by atoms with Crippen molar-refractivity contribution in [3.8, 4) is 11.3 Å². The van der Waals surface area contributed by atoms with Gasteiger partial charge >= 0.3 is 0 Å². The second-order valence-electron chi connectivity index (χ2n) is 10.4. The molecule has 0 fully saturated rings. The lowest BCUT2D eigenvalue weighted by atomic mass is 9.73. The molecule has 0 amide bonds. The average Bonchev–Trinajstić information content (AvgIpc) is 3.06. The van der Waals surface area contributed by atoms with Crippen LogP contribution in [0.1, 0.15) is 47.6 Å². The first kappa shape index (κ1) is 25.4. The maximum absolute atomic E-state index is 5.28. The molecule has 3 aromatic carbocycles. The van der Waals surface area contributed by atoms with Gasteiger partial charge in [0.05, 0.1) is 33.6 Å². The summed E-state index contributed by atoms with van der Waals surface area (Å²) in [6.07, 6.45) is 3.72. The lowest BCUT2D eigenvalue weighted by Crippen LogP contribution is -2.28. The third kappa shape index (κ3) is 4.50. The van der Waals surface area contributed by atoms with E-state index in [1.165, 1.54) is 5.56 Å². The molecule has 0 spiro atoms. The molecule has 0 aliphatic heterocycles. The van der Waals surface area contributed by atoms with Crippen molar-refractivity contribution < 1.29 is 0 Å². The number of pyridine rings is 3. The molecule has 194 valence electrons. The van der Waals surface area contributed by atoms with Crippen LogP contribution in [0.25, 0.3) is 11.3 Å². The Morgan fingerprint density at radius 1 is 0.425 bits per heavy atom. The zero-order chi connectivity index (χ0) is 27.4. The highest BCUT2D eigenvalue weighted by atomic mass is 14.8. The van der Waals surface area contributed by atoms with Crippen LogP contribution in [-0.4, -0.2) is 15.0 Å². The fraction of sp³-hybridized carbons (Fsp3) is 0.108. The molecule has 40 heavy (non-hydrogen) atoms. The Morgan fingerprint density at radius 3 is 1.52 bits per heavy atom. The van der Waals surface area contributed by atoms with Crippen LogP contribution >= 0.6 is 0 Å². The van der Waals surface area contributed by atoms with Crippen molar-refractivity contribution in [3.63, 3.8) is 0 Å². The molecule has 0 N–H and O–H groups in total. The van der Waals surface area contributed by atoms with Gasteiger partial charge in [0.1, 0.15) is 0 Å². The molecule has 0 saturated heterocycles. The number of aromatic nitrogens is 3. The highest BCUT2D eigenvalue weighted by Crippen LogP contribution is 2.40. The molecular weight excluding hydrogens is 486 g/mol. The van der Waals surface area contributed by atoms with E-state index < -0.39 is 10.8 Å². The van der Waals surface area contributed by atoms with Crippen LogP contribution in [-0.2, 0) is 10.8 Å². The van der Waals surface area contributed by atoms with Crippen LogP contribution in [0.2, 0.25) is 0 Å². The van der Waals surface area contributed by atoms with E-state index in [2.05, 4.69) is 129 Å². The van der Waals surface area contributed by atoms with Crippen molar-refractivity contribution in [2.24, 2.45) is 0 Å². The number of hydrogen-bond acceptors (Lipinski definition) is 3. The molecule has 2 unspecified atom stereocenters. The summed E-state index contributed by atoms with van der Waals surface area (Å²) in [6.45, 7) is 4.46. The lowest BCUT2D eigenvalue weighted by molar-refractivity contribution is 0.642. The summed E-state index contributed by atoms with van der Waals surface area (Å²) in [6, 6.07) is 48.3. The molecule has 3 aromatic heterocycles. The Balaban J connectivity index is 1.49. The second-order valence-corrected chi connectivity index (χ2v) is 10.4. The minimum Gasteiger partial charge on any atom is -0.260 e. The standard InChI is InChI=1S/C37H31N3/c1-36(29-16-5-3-6-17-29,33-22-9-11-25-38-33)31-20-13-15-28(27-31)32-21-14-24-35(40-32)37(2,30-18-7-4-8-19-30)34-23-10-12-26-39-34/h3-27H,1-2H3. The van der Waals surface area contributed by atoms with Gasteiger partial charge in [-0.1, -0.05) is 97.1 Å². The number of nitrogens with zero attached hydrogens (tertiary/aromatic N) is 3. The zero-order valence-electron chi connectivity index (χ0n) is 22.8. The molecule has 0 aliphatic rings. The van der Waals surface area contributed by atoms with Gasteiger partial charge in [0.2, 0.25) is 0 Å². The largest absolute Gasteiger partial charge is 0.260 e. The SMILES string of the molecule is CC(c1ccccc1)(c1cccc(-c2cccc(C(C)(c3ccccc3)c3ccccn3)n2)c1)c1ccccn1. The molecule has 0 bridgehead atoms. The quantitative estimate of drug-likeness (QED) is 0.214. The summed E-state index contributed by atoms with van der Waals surface area (Å²) in [7, 11) is 0. The summed E-state index contributed by atoms with van der Waals surface area (Å²) in [5.74, 6) is 0. The van der Waals surface area contributed by atoms with Gasteiger partial charge in [0.15, 0.2) is 0 Å². The first-order valence-corrected chi connectivity index (χ1v) is 13.6. The van der Waals surface area contributed by atoms with E-state index in [0.717, 1.165) is 39.5 Å². The van der Waals surface area contributed by atoms with Crippen molar-refractivity contribution in [2.75, 3.05) is 0 Å². The Kier molecular flexibility index (Phi) is 6.79. The molecule has 0 radical (unpaired) electrons. The topological polar surface area (TPSA) is 38.7 Å². The van der Waals surface area contributed by atoms with E-state index in [0.29, 0.717) is 0 Å². The van der Waals surface area contributed by atoms with Crippen molar-refractivity contribution in [1.82, 2.24) is 15.0 Å². The molecule has 3 nitrogen and oxygen atoms in total. The van der Waals surface area contributed by atoms with Gasteiger partial charge in [-0.05, 0) is 73.0 Å². The molecule has 0 aliphatic carbocycles. The molecule has 3 heteroatoms. The van der Waals surface area contributed by atoms with Crippen LogP contribution in [0.3, 0.4) is 0 Å². The molecular formula is C37H31N3. The lowest BCUT2D eigenvalue weighted by Gasteiger charge is -2.31. The monoisotopic (exact) mass is 517 g/mol. The van der Waals surface area contributed by atoms with Crippen molar-refractivity contribution in [2.45, 2.75) is 24.7 Å². The Hall–Kier alpha value is -4.89. The van der Waals surface area contributed by atoms with Crippen LogP contribution in [0.4, 0.5) is 0 Å². The van der Waals surface area contributed by atoms with Crippen LogP contribution in [0, 0.1) is 0 Å². The second kappa shape index (κ2) is 10.7. The van der Waals surface area contributed by atoms with Gasteiger partial charge in [-0.2, -0.15) is 0 Å². The summed E-state index contributed by atoms with van der Waals surface area (Å²) in [5, 5.41) is 0. The van der Waals surface area contributed by atoms with Crippen LogP contribution in [0.15, 0.2) is 152 Å². The van der Waals surface area contributed by atoms with Gasteiger partial charge in [-0.3, -0.25) is 15.0 Å². The van der Waals surface area contributed by atoms with Crippen molar-refractivity contribution in [1.29, 1.82) is 0 Å². The maximum Gasteiger partial charge on any atom is 0.0768 e. The fourth-order valence-electron chi connectivity index (χ4n) is 5.61. The summed E-state index contributed by atoms with van der Waals surface area (Å²) in [5.41, 5.74) is 7.48. The van der Waals surface area contributed by atoms with Gasteiger partial charge in [0.25, 0.3) is 0 Å². The molecule has 2 atom stereocenters. The smallest absolute Gasteiger partial charge is 0.0768 e. The van der Waals surface area contributed by atoms with Gasteiger partial charge in [0, 0.05) is 18.0 Å². The summed E-state index contributed by atoms with van der Waals surface area (Å²) >= 11 is 0. The molecule has 6 rings (SSSR count). The zero-order valence-corrected chi connectivity index (χ0v) is 22.8. The summed E-state index contributed by atoms with van der Waals surface area (Å²) < 4.78 is 0. The normalized spacial score (nSPS) is 14.2. The third-order valence-corrected chi connectivity index (χ3v) is 8.05. The van der Waals surface area contributed by atoms with Gasteiger partial charge in [-0.25, -0.2) is 0 Å². The van der Waals surface area contributed by atoms with Crippen molar-refractivity contribution in [3.05, 3.63) is 186 Å². The Bertz CT molecular complexity index is 1490. The maximum atomic E-state index is 5.28. The predicted octanol–water partition coefficient (Wildman–Crippen LogP) is 8.25. The summed E-state index contributed by atoms with van der Waals surface area (Å²) in [4.78, 5) is 14.9. The minimum atomic E-state index is -0.511. The number of benzene rings is 3. The number of rotatable bonds is 7. The van der Waals surface area contributed by atoms with E-state index in [4.69, 9.17) is 15.0 Å². The average molecular weight is 518 g/mol. The molecule has 3 heterocycles. The molecule has 0 saturated carbocycles. The predicted molar refractivity (Wildman–Crippen MR) is 162 cm³/mol. The third-order valence-electron chi connectivity index (χ3n) is 8.05. The number of hydrogen-bond donors (Lipinski definition) is 0. The van der Waals surface area contributed by atoms with Crippen LogP contribution in [0.5, 0.6) is 0 Å².